The maximum absolute atomic E-state index is 12.9. The molecule has 0 bridgehead atoms. The Hall–Kier alpha value is -2.77. The normalized spacial score (nSPS) is 18.7. The summed E-state index contributed by atoms with van der Waals surface area (Å²) in [6.45, 7) is 4.36. The van der Waals surface area contributed by atoms with Crippen molar-refractivity contribution >= 4 is 29.1 Å². The largest absolute Gasteiger partial charge is 0.507 e. The Kier molecular flexibility index (Phi) is 6.00. The van der Waals surface area contributed by atoms with Crippen LogP contribution in [0.4, 0.5) is 0 Å². The van der Waals surface area contributed by atoms with Gasteiger partial charge in [0.25, 0.3) is 11.7 Å². The summed E-state index contributed by atoms with van der Waals surface area (Å²) in [6.07, 6.45) is 1.47. The molecule has 1 fully saturated rings. The Morgan fingerprint density at radius 1 is 1.28 bits per heavy atom. The molecule has 1 atom stereocenters. The average Bonchev–Trinajstić information content (AvgIpc) is 2.90. The van der Waals surface area contributed by atoms with E-state index in [-0.39, 0.29) is 11.3 Å². The van der Waals surface area contributed by atoms with Crippen LogP contribution in [0.2, 0.25) is 5.02 Å². The van der Waals surface area contributed by atoms with Gasteiger partial charge in [-0.3, -0.25) is 9.59 Å². The second-order valence-electron chi connectivity index (χ2n) is 7.27. The zero-order chi connectivity index (χ0) is 21.3. The lowest BCUT2D eigenvalue weighted by Gasteiger charge is -2.26. The van der Waals surface area contributed by atoms with Crippen LogP contribution in [-0.2, 0) is 9.59 Å². The fraction of sp³-hybridized carbons (Fsp3) is 0.333. The van der Waals surface area contributed by atoms with E-state index in [4.69, 9.17) is 11.6 Å². The van der Waals surface area contributed by atoms with Crippen molar-refractivity contribution in [2.24, 2.45) is 0 Å². The summed E-state index contributed by atoms with van der Waals surface area (Å²) in [5.41, 5.74) is 1.53. The van der Waals surface area contributed by atoms with Crippen molar-refractivity contribution < 1.29 is 14.7 Å². The highest BCUT2D eigenvalue weighted by Crippen LogP contribution is 2.40. The predicted molar refractivity (Wildman–Crippen MR) is 111 cm³/mol. The van der Waals surface area contributed by atoms with E-state index < -0.39 is 17.7 Å². The Labute approximate surface area is 174 Å². The highest BCUT2D eigenvalue weighted by Gasteiger charge is 2.46. The van der Waals surface area contributed by atoms with Crippen LogP contribution in [0.5, 0.6) is 0 Å². The predicted octanol–water partition coefficient (Wildman–Crippen LogP) is 2.73. The molecule has 3 rings (SSSR count). The second-order valence-corrected chi connectivity index (χ2v) is 7.70. The summed E-state index contributed by atoms with van der Waals surface area (Å²) in [4.78, 5) is 37.5. The molecule has 0 spiro atoms. The van der Waals surface area contributed by atoms with E-state index in [0.29, 0.717) is 40.8 Å². The van der Waals surface area contributed by atoms with Crippen molar-refractivity contribution in [3.05, 3.63) is 63.7 Å². The molecule has 29 heavy (non-hydrogen) atoms. The number of benzene rings is 1. The zero-order valence-corrected chi connectivity index (χ0v) is 17.6. The number of rotatable bonds is 5. The van der Waals surface area contributed by atoms with Gasteiger partial charge in [0.15, 0.2) is 0 Å². The molecule has 1 aliphatic heterocycles. The Balaban J connectivity index is 2.19. The monoisotopic (exact) mass is 414 g/mol. The number of Topliss-reactive ketones (excluding diaryl/α,β-unsaturated/α-hetero) is 1. The molecule has 0 radical (unpaired) electrons. The SMILES string of the molecule is Cc1ncc(C(O)=C2C(=O)C(=O)N(CCN(C)C)C2c2cccc(Cl)c2)c(C)n1. The van der Waals surface area contributed by atoms with E-state index in [1.165, 1.54) is 11.1 Å². The van der Waals surface area contributed by atoms with E-state index in [9.17, 15) is 14.7 Å². The van der Waals surface area contributed by atoms with E-state index in [2.05, 4.69) is 9.97 Å². The third-order valence-electron chi connectivity index (χ3n) is 4.85. The zero-order valence-electron chi connectivity index (χ0n) is 16.8. The number of carbonyl (C=O) groups excluding carboxylic acids is 2. The van der Waals surface area contributed by atoms with Gasteiger partial charge in [-0.05, 0) is 45.6 Å². The van der Waals surface area contributed by atoms with Crippen molar-refractivity contribution in [1.29, 1.82) is 0 Å². The molecule has 1 aromatic carbocycles. The fourth-order valence-electron chi connectivity index (χ4n) is 3.40. The number of aliphatic hydroxyl groups is 1. The maximum atomic E-state index is 12.9. The summed E-state index contributed by atoms with van der Waals surface area (Å²) in [5, 5.41) is 11.5. The number of aromatic nitrogens is 2. The Morgan fingerprint density at radius 3 is 2.62 bits per heavy atom. The quantitative estimate of drug-likeness (QED) is 0.460. The van der Waals surface area contributed by atoms with Gasteiger partial charge >= 0.3 is 0 Å². The van der Waals surface area contributed by atoms with E-state index in [0.717, 1.165) is 0 Å². The molecule has 2 heterocycles. The molecule has 0 aliphatic carbocycles. The third-order valence-corrected chi connectivity index (χ3v) is 5.08. The first kappa shape index (κ1) is 21.0. The molecule has 1 aliphatic rings. The number of aliphatic hydroxyl groups excluding tert-OH is 1. The third kappa shape index (κ3) is 4.16. The molecule has 1 saturated heterocycles. The number of halogens is 1. The van der Waals surface area contributed by atoms with E-state index in [1.54, 1.807) is 38.1 Å². The lowest BCUT2D eigenvalue weighted by molar-refractivity contribution is -0.140. The minimum Gasteiger partial charge on any atom is -0.507 e. The van der Waals surface area contributed by atoms with Crippen LogP contribution in [0.25, 0.3) is 5.76 Å². The first-order valence-corrected chi connectivity index (χ1v) is 9.57. The summed E-state index contributed by atoms with van der Waals surface area (Å²) in [7, 11) is 3.77. The smallest absolute Gasteiger partial charge is 0.295 e. The van der Waals surface area contributed by atoms with Gasteiger partial charge in [0.2, 0.25) is 0 Å². The Morgan fingerprint density at radius 2 is 2.00 bits per heavy atom. The Bertz CT molecular complexity index is 1000. The van der Waals surface area contributed by atoms with Crippen LogP contribution in [0, 0.1) is 13.8 Å². The highest BCUT2D eigenvalue weighted by molar-refractivity contribution is 6.46. The second kappa shape index (κ2) is 8.31. The minimum atomic E-state index is -0.741. The molecule has 1 unspecified atom stereocenters. The summed E-state index contributed by atoms with van der Waals surface area (Å²) in [6, 6.07) is 6.22. The van der Waals surface area contributed by atoms with Crippen molar-refractivity contribution in [2.45, 2.75) is 19.9 Å². The summed E-state index contributed by atoms with van der Waals surface area (Å²) < 4.78 is 0. The lowest BCUT2D eigenvalue weighted by atomic mass is 9.95. The van der Waals surface area contributed by atoms with Crippen LogP contribution in [-0.4, -0.2) is 63.7 Å². The van der Waals surface area contributed by atoms with Gasteiger partial charge in [-0.2, -0.15) is 0 Å². The van der Waals surface area contributed by atoms with Crippen molar-refractivity contribution in [3.63, 3.8) is 0 Å². The number of carbonyl (C=O) groups is 2. The van der Waals surface area contributed by atoms with E-state index in [1.807, 2.05) is 19.0 Å². The number of likely N-dealkylation sites (tertiary alicyclic amines) is 1. The van der Waals surface area contributed by atoms with E-state index >= 15 is 0 Å². The molecule has 8 heteroatoms. The van der Waals surface area contributed by atoms with Gasteiger partial charge in [-0.15, -0.1) is 0 Å². The van der Waals surface area contributed by atoms with Crippen LogP contribution in [0.1, 0.15) is 28.7 Å². The lowest BCUT2D eigenvalue weighted by Crippen LogP contribution is -2.35. The van der Waals surface area contributed by atoms with Gasteiger partial charge < -0.3 is 14.9 Å². The molecule has 152 valence electrons. The number of hydrogen-bond acceptors (Lipinski definition) is 6. The number of amides is 1. The molecule has 1 amide bonds. The first-order valence-electron chi connectivity index (χ1n) is 9.20. The molecular formula is C21H23ClN4O3. The first-order chi connectivity index (χ1) is 13.7. The van der Waals surface area contributed by atoms with Crippen molar-refractivity contribution in [1.82, 2.24) is 19.8 Å². The van der Waals surface area contributed by atoms with Crippen molar-refractivity contribution in [2.75, 3.05) is 27.2 Å². The molecule has 2 aromatic rings. The van der Waals surface area contributed by atoms with Crippen LogP contribution in [0.15, 0.2) is 36.0 Å². The van der Waals surface area contributed by atoms with Gasteiger partial charge in [0, 0.05) is 24.3 Å². The highest BCUT2D eigenvalue weighted by atomic mass is 35.5. The van der Waals surface area contributed by atoms with Crippen LogP contribution in [0.3, 0.4) is 0 Å². The van der Waals surface area contributed by atoms with Crippen LogP contribution >= 0.6 is 11.6 Å². The number of nitrogens with zero attached hydrogens (tertiary/aromatic N) is 4. The molecular weight excluding hydrogens is 392 g/mol. The summed E-state index contributed by atoms with van der Waals surface area (Å²) in [5.74, 6) is -1.11. The van der Waals surface area contributed by atoms with Gasteiger partial charge in [0.1, 0.15) is 11.6 Å². The topological polar surface area (TPSA) is 86.6 Å². The fourth-order valence-corrected chi connectivity index (χ4v) is 3.60. The maximum Gasteiger partial charge on any atom is 0.295 e. The van der Waals surface area contributed by atoms with Gasteiger partial charge in [0.05, 0.1) is 22.9 Å². The van der Waals surface area contributed by atoms with Crippen LogP contribution < -0.4 is 0 Å². The number of hydrogen-bond donors (Lipinski definition) is 1. The molecule has 7 nitrogen and oxygen atoms in total. The summed E-state index contributed by atoms with van der Waals surface area (Å²) >= 11 is 6.16. The average molecular weight is 415 g/mol. The minimum absolute atomic E-state index is 0.0200. The molecule has 1 N–H and O–H groups in total. The number of ketones is 1. The molecule has 1 aromatic heterocycles. The molecule has 0 saturated carbocycles. The standard InChI is InChI=1S/C21H23ClN4O3/c1-12-16(11-23-13(2)24-12)19(27)17-18(14-6-5-7-15(22)10-14)26(9-8-25(3)4)21(29)20(17)28/h5-7,10-11,18,27H,8-9H2,1-4H3. The number of likely N-dealkylation sites (N-methyl/N-ethyl adjacent to an activating group) is 1. The van der Waals surface area contributed by atoms with Gasteiger partial charge in [-0.1, -0.05) is 23.7 Å². The van der Waals surface area contributed by atoms with Crippen molar-refractivity contribution in [3.8, 4) is 0 Å². The number of aryl methyl sites for hydroxylation is 2. The van der Waals surface area contributed by atoms with Gasteiger partial charge in [-0.25, -0.2) is 9.97 Å².